The number of ether oxygens (including phenoxy) is 1. The van der Waals surface area contributed by atoms with Crippen LogP contribution in [0.4, 0.5) is 0 Å². The van der Waals surface area contributed by atoms with Gasteiger partial charge in [-0.2, -0.15) is 4.98 Å². The lowest BCUT2D eigenvalue weighted by Crippen LogP contribution is -1.85. The Morgan fingerprint density at radius 2 is 1.71 bits per heavy atom. The number of nitrogens with zero attached hydrogens (tertiary/aromatic N) is 2. The van der Waals surface area contributed by atoms with E-state index in [0.29, 0.717) is 23.0 Å². The lowest BCUT2D eigenvalue weighted by atomic mass is 10.2. The Balaban J connectivity index is 1.96. The van der Waals surface area contributed by atoms with Gasteiger partial charge < -0.3 is 19.5 Å². The first-order valence-corrected chi connectivity index (χ1v) is 6.18. The number of rotatable bonds is 3. The third kappa shape index (κ3) is 2.51. The van der Waals surface area contributed by atoms with Crippen molar-refractivity contribution in [2.45, 2.75) is 0 Å². The van der Waals surface area contributed by atoms with Gasteiger partial charge in [-0.1, -0.05) is 5.16 Å². The van der Waals surface area contributed by atoms with Crippen molar-refractivity contribution in [3.63, 3.8) is 0 Å². The van der Waals surface area contributed by atoms with Gasteiger partial charge in [0, 0.05) is 11.1 Å². The minimum Gasteiger partial charge on any atom is -0.508 e. The van der Waals surface area contributed by atoms with Crippen molar-refractivity contribution in [2.24, 2.45) is 0 Å². The van der Waals surface area contributed by atoms with E-state index in [1.165, 1.54) is 13.2 Å². The van der Waals surface area contributed by atoms with E-state index in [-0.39, 0.29) is 11.5 Å². The zero-order valence-corrected chi connectivity index (χ0v) is 11.1. The second-order valence-electron chi connectivity index (χ2n) is 4.36. The van der Waals surface area contributed by atoms with E-state index in [1.54, 1.807) is 36.4 Å². The highest BCUT2D eigenvalue weighted by Gasteiger charge is 2.12. The first-order chi connectivity index (χ1) is 10.2. The van der Waals surface area contributed by atoms with Crippen molar-refractivity contribution < 1.29 is 19.5 Å². The first kappa shape index (κ1) is 13.0. The predicted octanol–water partition coefficient (Wildman–Crippen LogP) is 2.82. The molecular formula is C15H12N2O4. The minimum atomic E-state index is 0.0412. The fourth-order valence-electron chi connectivity index (χ4n) is 1.88. The van der Waals surface area contributed by atoms with Crippen molar-refractivity contribution >= 4 is 0 Å². The summed E-state index contributed by atoms with van der Waals surface area (Å²) in [6.07, 6.45) is 0. The molecule has 106 valence electrons. The largest absolute Gasteiger partial charge is 0.508 e. The van der Waals surface area contributed by atoms with Crippen LogP contribution in [-0.4, -0.2) is 27.5 Å². The van der Waals surface area contributed by atoms with Crippen molar-refractivity contribution in [1.29, 1.82) is 0 Å². The molecule has 0 spiro atoms. The maximum absolute atomic E-state index is 9.58. The zero-order valence-electron chi connectivity index (χ0n) is 11.1. The molecule has 0 saturated carbocycles. The zero-order chi connectivity index (χ0) is 14.8. The lowest BCUT2D eigenvalue weighted by molar-refractivity contribution is 0.373. The summed E-state index contributed by atoms with van der Waals surface area (Å²) in [6.45, 7) is 0. The van der Waals surface area contributed by atoms with Gasteiger partial charge in [-0.25, -0.2) is 0 Å². The molecule has 0 atom stereocenters. The van der Waals surface area contributed by atoms with Gasteiger partial charge in [0.05, 0.1) is 7.11 Å². The molecule has 0 aliphatic rings. The van der Waals surface area contributed by atoms with E-state index >= 15 is 0 Å². The van der Waals surface area contributed by atoms with Gasteiger partial charge in [0.15, 0.2) is 11.5 Å². The van der Waals surface area contributed by atoms with Crippen molar-refractivity contribution in [2.75, 3.05) is 7.11 Å². The molecule has 3 rings (SSSR count). The molecule has 0 radical (unpaired) electrons. The molecule has 2 N–H and O–H groups in total. The van der Waals surface area contributed by atoms with Crippen LogP contribution in [0.2, 0.25) is 0 Å². The molecule has 0 bridgehead atoms. The first-order valence-electron chi connectivity index (χ1n) is 6.18. The van der Waals surface area contributed by atoms with Gasteiger partial charge in [-0.3, -0.25) is 0 Å². The maximum Gasteiger partial charge on any atom is 0.258 e. The number of aromatic nitrogens is 2. The molecule has 1 heterocycles. The number of phenols is 2. The minimum absolute atomic E-state index is 0.0412. The molecule has 0 saturated heterocycles. The van der Waals surface area contributed by atoms with Gasteiger partial charge >= 0.3 is 0 Å². The molecule has 6 heteroatoms. The molecule has 3 aromatic rings. The van der Waals surface area contributed by atoms with E-state index in [4.69, 9.17) is 9.26 Å². The van der Waals surface area contributed by atoms with Crippen LogP contribution in [0.3, 0.4) is 0 Å². The summed E-state index contributed by atoms with van der Waals surface area (Å²) >= 11 is 0. The number of phenolic OH excluding ortho intramolecular Hbond substituents is 2. The summed E-state index contributed by atoms with van der Waals surface area (Å²) in [7, 11) is 1.47. The Hall–Kier alpha value is -3.02. The van der Waals surface area contributed by atoms with Crippen molar-refractivity contribution in [3.05, 3.63) is 42.5 Å². The monoisotopic (exact) mass is 284 g/mol. The van der Waals surface area contributed by atoms with E-state index in [0.717, 1.165) is 5.56 Å². The van der Waals surface area contributed by atoms with E-state index < -0.39 is 0 Å². The standard InChI is InChI=1S/C15H12N2O4/c1-20-13-8-10(4-7-12(13)19)15-16-14(17-21-15)9-2-5-11(18)6-3-9/h2-8,18-19H,1H3. The summed E-state index contributed by atoms with van der Waals surface area (Å²) in [4.78, 5) is 4.29. The Labute approximate surface area is 120 Å². The Morgan fingerprint density at radius 3 is 2.43 bits per heavy atom. The van der Waals surface area contributed by atoms with Crippen molar-refractivity contribution in [1.82, 2.24) is 10.1 Å². The molecule has 0 aliphatic carbocycles. The van der Waals surface area contributed by atoms with Crippen LogP contribution in [0.25, 0.3) is 22.8 Å². The molecular weight excluding hydrogens is 272 g/mol. The topological polar surface area (TPSA) is 88.6 Å². The van der Waals surface area contributed by atoms with Gasteiger partial charge in [-0.15, -0.1) is 0 Å². The molecule has 6 nitrogen and oxygen atoms in total. The summed E-state index contributed by atoms with van der Waals surface area (Å²) < 4.78 is 10.3. The molecule has 21 heavy (non-hydrogen) atoms. The fourth-order valence-corrected chi connectivity index (χ4v) is 1.88. The van der Waals surface area contributed by atoms with Crippen LogP contribution in [0.5, 0.6) is 17.2 Å². The maximum atomic E-state index is 9.58. The Bertz CT molecular complexity index is 766. The Morgan fingerprint density at radius 1 is 1.00 bits per heavy atom. The van der Waals surface area contributed by atoms with E-state index in [1.807, 2.05) is 0 Å². The molecule has 0 aliphatic heterocycles. The Kier molecular flexibility index (Phi) is 3.19. The smallest absolute Gasteiger partial charge is 0.258 e. The fraction of sp³-hybridized carbons (Fsp3) is 0.0667. The molecule has 0 amide bonds. The molecule has 0 unspecified atom stereocenters. The van der Waals surface area contributed by atoms with Crippen LogP contribution in [0.15, 0.2) is 47.0 Å². The van der Waals surface area contributed by atoms with Gasteiger partial charge in [0.25, 0.3) is 5.89 Å². The predicted molar refractivity (Wildman–Crippen MR) is 75.1 cm³/mol. The summed E-state index contributed by atoms with van der Waals surface area (Å²) in [6, 6.07) is 11.3. The number of aromatic hydroxyl groups is 2. The summed E-state index contributed by atoms with van der Waals surface area (Å²) in [5, 5.41) is 22.7. The molecule has 0 fully saturated rings. The van der Waals surface area contributed by atoms with E-state index in [9.17, 15) is 10.2 Å². The van der Waals surface area contributed by atoms with Gasteiger partial charge in [-0.05, 0) is 42.5 Å². The summed E-state index contributed by atoms with van der Waals surface area (Å²) in [5.74, 6) is 1.27. The van der Waals surface area contributed by atoms with Crippen LogP contribution in [0, 0.1) is 0 Å². The quantitative estimate of drug-likeness (QED) is 0.768. The normalized spacial score (nSPS) is 10.5. The second kappa shape index (κ2) is 5.16. The molecule has 1 aromatic heterocycles. The van der Waals surface area contributed by atoms with Crippen LogP contribution in [0.1, 0.15) is 0 Å². The average molecular weight is 284 g/mol. The highest BCUT2D eigenvalue weighted by Crippen LogP contribution is 2.31. The van der Waals surface area contributed by atoms with Gasteiger partial charge in [0.2, 0.25) is 5.82 Å². The highest BCUT2D eigenvalue weighted by molar-refractivity contribution is 5.63. The van der Waals surface area contributed by atoms with Gasteiger partial charge in [0.1, 0.15) is 5.75 Å². The number of methoxy groups -OCH3 is 1. The second-order valence-corrected chi connectivity index (χ2v) is 4.36. The highest BCUT2D eigenvalue weighted by atomic mass is 16.5. The van der Waals surface area contributed by atoms with Crippen LogP contribution < -0.4 is 4.74 Å². The summed E-state index contributed by atoms with van der Waals surface area (Å²) in [5.41, 5.74) is 1.37. The van der Waals surface area contributed by atoms with Crippen molar-refractivity contribution in [3.8, 4) is 40.1 Å². The van der Waals surface area contributed by atoms with Crippen LogP contribution in [-0.2, 0) is 0 Å². The van der Waals surface area contributed by atoms with Crippen LogP contribution >= 0.6 is 0 Å². The number of hydrogen-bond acceptors (Lipinski definition) is 6. The third-order valence-electron chi connectivity index (χ3n) is 2.98. The number of benzene rings is 2. The van der Waals surface area contributed by atoms with E-state index in [2.05, 4.69) is 10.1 Å². The number of hydrogen-bond donors (Lipinski definition) is 2. The molecule has 2 aromatic carbocycles. The lowest BCUT2D eigenvalue weighted by Gasteiger charge is -2.03. The average Bonchev–Trinajstić information content (AvgIpc) is 2.98. The SMILES string of the molecule is COc1cc(-c2nc(-c3ccc(O)cc3)no2)ccc1O. The third-order valence-corrected chi connectivity index (χ3v) is 2.98.